The first-order valence-electron chi connectivity index (χ1n) is 8.75. The molecule has 2 rings (SSSR count). The lowest BCUT2D eigenvalue weighted by Gasteiger charge is -2.44. The summed E-state index contributed by atoms with van der Waals surface area (Å²) in [6.07, 6.45) is 5.34. The Hall–Kier alpha value is -0.0800. The van der Waals surface area contributed by atoms with Gasteiger partial charge in [-0.1, -0.05) is 34.6 Å². The summed E-state index contributed by atoms with van der Waals surface area (Å²) in [5, 5.41) is 0. The number of nitrogens with two attached hydrogens (primary N) is 1. The highest BCUT2D eigenvalue weighted by Crippen LogP contribution is 2.37. The van der Waals surface area contributed by atoms with Crippen molar-refractivity contribution < 1.29 is 0 Å². The fraction of sp³-hybridized carbons (Fsp3) is 1.00. The number of rotatable bonds is 2. The molecule has 20 heavy (non-hydrogen) atoms. The van der Waals surface area contributed by atoms with Gasteiger partial charge >= 0.3 is 0 Å². The molecule has 1 heterocycles. The molecule has 2 nitrogen and oxygen atoms in total. The normalized spacial score (nSPS) is 38.1. The van der Waals surface area contributed by atoms with Gasteiger partial charge in [-0.05, 0) is 67.9 Å². The predicted octanol–water partition coefficient (Wildman–Crippen LogP) is 3.75. The van der Waals surface area contributed by atoms with E-state index in [0.29, 0.717) is 11.5 Å². The van der Waals surface area contributed by atoms with Crippen molar-refractivity contribution in [3.05, 3.63) is 0 Å². The molecule has 118 valence electrons. The fourth-order valence-corrected chi connectivity index (χ4v) is 4.56. The lowest BCUT2D eigenvalue weighted by Crippen LogP contribution is -2.48. The molecular weight excluding hydrogens is 244 g/mol. The van der Waals surface area contributed by atoms with Gasteiger partial charge in [0.25, 0.3) is 0 Å². The number of likely N-dealkylation sites (tertiary alicyclic amines) is 1. The average molecular weight is 280 g/mol. The SMILES string of the molecule is CC1CC(C)C(CN2CCC(C(C)(C)C)CC2)C(N)C1. The summed E-state index contributed by atoms with van der Waals surface area (Å²) >= 11 is 0. The monoisotopic (exact) mass is 280 g/mol. The maximum absolute atomic E-state index is 6.45. The third kappa shape index (κ3) is 3.98. The minimum Gasteiger partial charge on any atom is -0.327 e. The van der Waals surface area contributed by atoms with Gasteiger partial charge in [-0.15, -0.1) is 0 Å². The molecule has 2 aliphatic rings. The van der Waals surface area contributed by atoms with Crippen molar-refractivity contribution in [3.8, 4) is 0 Å². The molecule has 1 saturated carbocycles. The van der Waals surface area contributed by atoms with E-state index in [1.807, 2.05) is 0 Å². The summed E-state index contributed by atoms with van der Waals surface area (Å²) in [7, 11) is 0. The van der Waals surface area contributed by atoms with Gasteiger partial charge in [-0.25, -0.2) is 0 Å². The zero-order chi connectivity index (χ0) is 14.9. The number of piperidine rings is 1. The standard InChI is InChI=1S/C18H36N2/c1-13-10-14(2)16(17(19)11-13)12-20-8-6-15(7-9-20)18(3,4)5/h13-17H,6-12,19H2,1-5H3. The number of hydrogen-bond acceptors (Lipinski definition) is 2. The highest BCUT2D eigenvalue weighted by atomic mass is 15.1. The number of hydrogen-bond donors (Lipinski definition) is 1. The third-order valence-corrected chi connectivity index (χ3v) is 6.01. The molecule has 0 amide bonds. The molecule has 2 N–H and O–H groups in total. The van der Waals surface area contributed by atoms with Crippen LogP contribution in [0.3, 0.4) is 0 Å². The van der Waals surface area contributed by atoms with E-state index < -0.39 is 0 Å². The van der Waals surface area contributed by atoms with Crippen LogP contribution in [0, 0.1) is 29.1 Å². The molecule has 0 radical (unpaired) electrons. The van der Waals surface area contributed by atoms with Crippen molar-refractivity contribution >= 4 is 0 Å². The molecule has 4 unspecified atom stereocenters. The van der Waals surface area contributed by atoms with Gasteiger partial charge in [-0.3, -0.25) is 0 Å². The molecular formula is C18H36N2. The van der Waals surface area contributed by atoms with Crippen LogP contribution in [0.25, 0.3) is 0 Å². The first-order valence-corrected chi connectivity index (χ1v) is 8.75. The molecule has 0 aromatic rings. The van der Waals surface area contributed by atoms with Crippen LogP contribution in [0.5, 0.6) is 0 Å². The molecule has 2 heteroatoms. The Morgan fingerprint density at radius 2 is 1.65 bits per heavy atom. The second-order valence-electron chi connectivity index (χ2n) is 8.82. The number of nitrogens with zero attached hydrogens (tertiary/aromatic N) is 1. The topological polar surface area (TPSA) is 29.3 Å². The van der Waals surface area contributed by atoms with Crippen LogP contribution in [0.1, 0.15) is 60.3 Å². The smallest absolute Gasteiger partial charge is 0.00844 e. The van der Waals surface area contributed by atoms with Gasteiger partial charge in [0, 0.05) is 12.6 Å². The maximum atomic E-state index is 6.45. The molecule has 1 aliphatic carbocycles. The molecule has 1 saturated heterocycles. The van der Waals surface area contributed by atoms with Crippen molar-refractivity contribution in [1.29, 1.82) is 0 Å². The Morgan fingerprint density at radius 1 is 1.05 bits per heavy atom. The van der Waals surface area contributed by atoms with E-state index in [1.165, 1.54) is 45.3 Å². The van der Waals surface area contributed by atoms with Gasteiger partial charge < -0.3 is 10.6 Å². The molecule has 1 aliphatic heterocycles. The van der Waals surface area contributed by atoms with Crippen LogP contribution in [-0.2, 0) is 0 Å². The Bertz CT molecular complexity index is 287. The van der Waals surface area contributed by atoms with E-state index in [9.17, 15) is 0 Å². The Labute approximate surface area is 126 Å². The minimum atomic E-state index is 0.425. The first-order chi connectivity index (χ1) is 9.27. The van der Waals surface area contributed by atoms with E-state index in [4.69, 9.17) is 5.73 Å². The zero-order valence-corrected chi connectivity index (χ0v) is 14.4. The summed E-state index contributed by atoms with van der Waals surface area (Å²) in [4.78, 5) is 2.69. The fourth-order valence-electron chi connectivity index (χ4n) is 4.56. The summed E-state index contributed by atoms with van der Waals surface area (Å²) < 4.78 is 0. The van der Waals surface area contributed by atoms with E-state index in [0.717, 1.165) is 23.7 Å². The predicted molar refractivity (Wildman–Crippen MR) is 87.6 cm³/mol. The van der Waals surface area contributed by atoms with Crippen LogP contribution in [0.15, 0.2) is 0 Å². The summed E-state index contributed by atoms with van der Waals surface area (Å²) in [5.41, 5.74) is 6.93. The minimum absolute atomic E-state index is 0.425. The second kappa shape index (κ2) is 6.36. The maximum Gasteiger partial charge on any atom is 0.00844 e. The quantitative estimate of drug-likeness (QED) is 0.834. The van der Waals surface area contributed by atoms with Crippen LogP contribution < -0.4 is 5.73 Å². The summed E-state index contributed by atoms with van der Waals surface area (Å²) in [6.45, 7) is 15.8. The van der Waals surface area contributed by atoms with Crippen molar-refractivity contribution in [2.75, 3.05) is 19.6 Å². The second-order valence-corrected chi connectivity index (χ2v) is 8.82. The van der Waals surface area contributed by atoms with Gasteiger partial charge in [0.1, 0.15) is 0 Å². The third-order valence-electron chi connectivity index (χ3n) is 6.01. The molecule has 0 bridgehead atoms. The van der Waals surface area contributed by atoms with Crippen molar-refractivity contribution in [2.24, 2.45) is 34.8 Å². The zero-order valence-electron chi connectivity index (χ0n) is 14.4. The Morgan fingerprint density at radius 3 is 2.15 bits per heavy atom. The van der Waals surface area contributed by atoms with Crippen LogP contribution in [0.2, 0.25) is 0 Å². The largest absolute Gasteiger partial charge is 0.327 e. The molecule has 2 fully saturated rings. The first kappa shape index (κ1) is 16.3. The van der Waals surface area contributed by atoms with Gasteiger partial charge in [0.2, 0.25) is 0 Å². The van der Waals surface area contributed by atoms with Gasteiger partial charge in [0.15, 0.2) is 0 Å². The highest BCUT2D eigenvalue weighted by Gasteiger charge is 2.35. The Balaban J connectivity index is 1.83. The molecule has 4 atom stereocenters. The molecule has 0 aromatic heterocycles. The lowest BCUT2D eigenvalue weighted by molar-refractivity contribution is 0.0695. The summed E-state index contributed by atoms with van der Waals surface area (Å²) in [5.74, 6) is 3.24. The van der Waals surface area contributed by atoms with Gasteiger partial charge in [0.05, 0.1) is 0 Å². The van der Waals surface area contributed by atoms with Crippen LogP contribution in [-0.4, -0.2) is 30.6 Å². The van der Waals surface area contributed by atoms with Crippen molar-refractivity contribution in [2.45, 2.75) is 66.3 Å². The molecule has 0 aromatic carbocycles. The van der Waals surface area contributed by atoms with Crippen LogP contribution in [0.4, 0.5) is 0 Å². The van der Waals surface area contributed by atoms with E-state index in [2.05, 4.69) is 39.5 Å². The van der Waals surface area contributed by atoms with Crippen molar-refractivity contribution in [3.63, 3.8) is 0 Å². The highest BCUT2D eigenvalue weighted by molar-refractivity contribution is 4.89. The van der Waals surface area contributed by atoms with Gasteiger partial charge in [-0.2, -0.15) is 0 Å². The summed E-state index contributed by atoms with van der Waals surface area (Å²) in [6, 6.07) is 0.425. The van der Waals surface area contributed by atoms with E-state index >= 15 is 0 Å². The van der Waals surface area contributed by atoms with Crippen LogP contribution >= 0.6 is 0 Å². The van der Waals surface area contributed by atoms with E-state index in [1.54, 1.807) is 0 Å². The lowest BCUT2D eigenvalue weighted by atomic mass is 9.71. The Kier molecular flexibility index (Phi) is 5.18. The van der Waals surface area contributed by atoms with Crippen molar-refractivity contribution in [1.82, 2.24) is 4.90 Å². The van der Waals surface area contributed by atoms with E-state index in [-0.39, 0.29) is 0 Å². The average Bonchev–Trinajstić information content (AvgIpc) is 2.33. The molecule has 0 spiro atoms.